The number of likely N-dealkylation sites (N-methyl/N-ethyl adjacent to an activating group) is 1. The van der Waals surface area contributed by atoms with Crippen molar-refractivity contribution in [2.75, 3.05) is 45.8 Å². The lowest BCUT2D eigenvalue weighted by Crippen LogP contribution is -2.37. The first-order valence-corrected chi connectivity index (χ1v) is 10.4. The molecule has 1 aliphatic rings. The first-order valence-electron chi connectivity index (χ1n) is 10.4. The maximum Gasteiger partial charge on any atom is 0.250 e. The summed E-state index contributed by atoms with van der Waals surface area (Å²) in [5.74, 6) is 1.64. The van der Waals surface area contributed by atoms with E-state index in [1.165, 1.54) is 6.33 Å². The average molecular weight is 434 g/mol. The average Bonchev–Trinajstić information content (AvgIpc) is 2.81. The van der Waals surface area contributed by atoms with Crippen LogP contribution in [-0.4, -0.2) is 61.7 Å². The van der Waals surface area contributed by atoms with E-state index in [1.807, 2.05) is 61.5 Å². The minimum atomic E-state index is -0.0913. The van der Waals surface area contributed by atoms with Crippen LogP contribution >= 0.6 is 0 Å². The molecule has 1 amide bonds. The van der Waals surface area contributed by atoms with Crippen molar-refractivity contribution in [1.82, 2.24) is 14.9 Å². The van der Waals surface area contributed by atoms with Gasteiger partial charge in [-0.25, -0.2) is 9.97 Å². The van der Waals surface area contributed by atoms with Crippen molar-refractivity contribution in [2.45, 2.75) is 6.61 Å². The maximum absolute atomic E-state index is 12.8. The molecule has 3 aromatic rings. The molecular weight excluding hydrogens is 408 g/mol. The molecule has 8 heteroatoms. The van der Waals surface area contributed by atoms with Crippen LogP contribution in [0.5, 0.6) is 17.4 Å². The topological polar surface area (TPSA) is 77.0 Å². The quantitative estimate of drug-likeness (QED) is 0.529. The first-order chi connectivity index (χ1) is 15.6. The van der Waals surface area contributed by atoms with Gasteiger partial charge in [0.1, 0.15) is 30.7 Å². The Morgan fingerprint density at radius 1 is 1.25 bits per heavy atom. The van der Waals surface area contributed by atoms with Crippen molar-refractivity contribution in [3.05, 3.63) is 60.4 Å². The van der Waals surface area contributed by atoms with E-state index in [9.17, 15) is 4.79 Å². The van der Waals surface area contributed by atoms with Gasteiger partial charge in [0, 0.05) is 12.6 Å². The number of fused-ring (bicyclic) bond motifs is 3. The molecule has 32 heavy (non-hydrogen) atoms. The molecule has 0 unspecified atom stereocenters. The summed E-state index contributed by atoms with van der Waals surface area (Å²) in [7, 11) is 5.54. The summed E-state index contributed by atoms with van der Waals surface area (Å²) < 4.78 is 17.3. The Morgan fingerprint density at radius 3 is 2.94 bits per heavy atom. The zero-order chi connectivity index (χ0) is 22.5. The lowest BCUT2D eigenvalue weighted by Gasteiger charge is -2.29. The van der Waals surface area contributed by atoms with Crippen LogP contribution in [0, 0.1) is 0 Å². The summed E-state index contributed by atoms with van der Waals surface area (Å²) in [5.41, 5.74) is 2.32. The molecule has 0 saturated carbocycles. The largest absolute Gasteiger partial charge is 0.497 e. The molecule has 2 heterocycles. The highest BCUT2D eigenvalue weighted by Gasteiger charge is 2.26. The zero-order valence-corrected chi connectivity index (χ0v) is 18.4. The third-order valence-corrected chi connectivity index (χ3v) is 5.06. The monoisotopic (exact) mass is 434 g/mol. The number of hydrogen-bond donors (Lipinski definition) is 0. The second-order valence-electron chi connectivity index (χ2n) is 7.63. The molecule has 0 fully saturated rings. The number of methoxy groups -OCH3 is 1. The Balaban J connectivity index is 1.65. The third kappa shape index (κ3) is 4.65. The highest BCUT2D eigenvalue weighted by atomic mass is 16.5. The van der Waals surface area contributed by atoms with Crippen LogP contribution in [0.1, 0.15) is 5.56 Å². The number of benzene rings is 2. The number of aromatic nitrogens is 2. The molecule has 1 aromatic heterocycles. The Kier molecular flexibility index (Phi) is 6.51. The van der Waals surface area contributed by atoms with Crippen molar-refractivity contribution >= 4 is 22.5 Å². The fraction of sp³-hybridized carbons (Fsp3) is 0.292. The van der Waals surface area contributed by atoms with E-state index in [-0.39, 0.29) is 5.91 Å². The van der Waals surface area contributed by atoms with Crippen LogP contribution in [-0.2, 0) is 11.4 Å². The van der Waals surface area contributed by atoms with Gasteiger partial charge in [-0.3, -0.25) is 4.79 Å². The number of hydrogen-bond acceptors (Lipinski definition) is 7. The van der Waals surface area contributed by atoms with Crippen molar-refractivity contribution < 1.29 is 19.0 Å². The van der Waals surface area contributed by atoms with Crippen molar-refractivity contribution in [3.63, 3.8) is 0 Å². The van der Waals surface area contributed by atoms with Crippen LogP contribution in [0.15, 0.2) is 54.9 Å². The molecule has 0 atom stereocenters. The highest BCUT2D eigenvalue weighted by molar-refractivity contribution is 6.06. The van der Waals surface area contributed by atoms with E-state index < -0.39 is 0 Å². The lowest BCUT2D eigenvalue weighted by molar-refractivity contribution is -0.114. The molecule has 0 radical (unpaired) electrons. The molecule has 4 rings (SSSR count). The highest BCUT2D eigenvalue weighted by Crippen LogP contribution is 2.41. The number of carbonyl (C=O) groups excluding carboxylic acids is 1. The summed E-state index contributed by atoms with van der Waals surface area (Å²) in [6.07, 6.45) is 4.91. The predicted octanol–water partition coefficient (Wildman–Crippen LogP) is 3.06. The molecule has 0 saturated heterocycles. The summed E-state index contributed by atoms with van der Waals surface area (Å²) in [6, 6.07) is 11.4. The van der Waals surface area contributed by atoms with Gasteiger partial charge in [0.2, 0.25) is 5.88 Å². The molecule has 0 N–H and O–H groups in total. The van der Waals surface area contributed by atoms with Crippen LogP contribution in [0.3, 0.4) is 0 Å². The van der Waals surface area contributed by atoms with E-state index in [0.717, 1.165) is 11.3 Å². The normalized spacial score (nSPS) is 13.3. The summed E-state index contributed by atoms with van der Waals surface area (Å²) in [6.45, 7) is 1.85. The molecular formula is C24H26N4O4. The van der Waals surface area contributed by atoms with Crippen LogP contribution in [0.4, 0.5) is 5.69 Å². The number of nitrogens with zero attached hydrogens (tertiary/aromatic N) is 4. The van der Waals surface area contributed by atoms with Gasteiger partial charge in [0.25, 0.3) is 5.91 Å². The predicted molar refractivity (Wildman–Crippen MR) is 122 cm³/mol. The SMILES string of the molecule is COc1cccc(COc2ncnc3ccc4c(c23)OCCN4C(=O)/C=C/CN(C)C)c1. The van der Waals surface area contributed by atoms with Gasteiger partial charge in [0.05, 0.1) is 24.9 Å². The Morgan fingerprint density at radius 2 is 2.12 bits per heavy atom. The first kappa shape index (κ1) is 21.6. The van der Waals surface area contributed by atoms with Crippen molar-refractivity contribution in [2.24, 2.45) is 0 Å². The standard InChI is InChI=1S/C24H26N4O4/c1-27(2)11-5-8-21(29)28-12-13-31-23-20(28)10-9-19-22(23)24(26-16-25-19)32-15-17-6-4-7-18(14-17)30-3/h4-10,14,16H,11-13,15H2,1-3H3/b8-5+. The number of carbonyl (C=O) groups is 1. The van der Waals surface area contributed by atoms with Gasteiger partial charge in [-0.2, -0.15) is 0 Å². The van der Waals surface area contributed by atoms with E-state index in [1.54, 1.807) is 18.1 Å². The van der Waals surface area contributed by atoms with E-state index in [2.05, 4.69) is 9.97 Å². The Labute approximate surface area is 187 Å². The van der Waals surface area contributed by atoms with Crippen molar-refractivity contribution in [1.29, 1.82) is 0 Å². The van der Waals surface area contributed by atoms with E-state index in [4.69, 9.17) is 14.2 Å². The van der Waals surface area contributed by atoms with Crippen LogP contribution in [0.25, 0.3) is 10.9 Å². The minimum absolute atomic E-state index is 0.0913. The van der Waals surface area contributed by atoms with Gasteiger partial charge in [0.15, 0.2) is 5.75 Å². The Hall–Kier alpha value is -3.65. The lowest BCUT2D eigenvalue weighted by atomic mass is 10.1. The number of amides is 1. The molecule has 0 spiro atoms. The maximum atomic E-state index is 12.8. The summed E-state index contributed by atoms with van der Waals surface area (Å²) in [5, 5.41) is 0.655. The molecule has 8 nitrogen and oxygen atoms in total. The fourth-order valence-corrected chi connectivity index (χ4v) is 3.51. The van der Waals surface area contributed by atoms with Crippen molar-refractivity contribution in [3.8, 4) is 17.4 Å². The fourth-order valence-electron chi connectivity index (χ4n) is 3.51. The third-order valence-electron chi connectivity index (χ3n) is 5.06. The van der Waals surface area contributed by atoms with E-state index in [0.29, 0.717) is 54.5 Å². The second kappa shape index (κ2) is 9.65. The molecule has 166 valence electrons. The second-order valence-corrected chi connectivity index (χ2v) is 7.63. The minimum Gasteiger partial charge on any atom is -0.497 e. The smallest absolute Gasteiger partial charge is 0.250 e. The van der Waals surface area contributed by atoms with Gasteiger partial charge in [-0.15, -0.1) is 0 Å². The number of anilines is 1. The number of ether oxygens (including phenoxy) is 3. The zero-order valence-electron chi connectivity index (χ0n) is 18.4. The molecule has 1 aliphatic heterocycles. The van der Waals surface area contributed by atoms with E-state index >= 15 is 0 Å². The van der Waals surface area contributed by atoms with Gasteiger partial charge in [-0.05, 0) is 43.9 Å². The van der Waals surface area contributed by atoms with Gasteiger partial charge < -0.3 is 24.0 Å². The summed E-state index contributed by atoms with van der Waals surface area (Å²) >= 11 is 0. The van der Waals surface area contributed by atoms with Gasteiger partial charge >= 0.3 is 0 Å². The van der Waals surface area contributed by atoms with Gasteiger partial charge in [-0.1, -0.05) is 18.2 Å². The van der Waals surface area contributed by atoms with Crippen LogP contribution < -0.4 is 19.1 Å². The number of rotatable bonds is 7. The Bertz CT molecular complexity index is 1150. The summed E-state index contributed by atoms with van der Waals surface area (Å²) in [4.78, 5) is 25.2. The molecule has 0 bridgehead atoms. The molecule has 0 aliphatic carbocycles. The van der Waals surface area contributed by atoms with Crippen LogP contribution in [0.2, 0.25) is 0 Å². The molecule has 2 aromatic carbocycles.